The Labute approximate surface area is 126 Å². The van der Waals surface area contributed by atoms with Gasteiger partial charge >= 0.3 is 6.03 Å². The average Bonchev–Trinajstić information content (AvgIpc) is 2.86. The zero-order valence-corrected chi connectivity index (χ0v) is 13.1. The van der Waals surface area contributed by atoms with Crippen molar-refractivity contribution in [2.45, 2.75) is 26.8 Å². The quantitative estimate of drug-likeness (QED) is 0.808. The summed E-state index contributed by atoms with van der Waals surface area (Å²) in [5.74, 6) is 0.897. The molecule has 0 aromatic heterocycles. The van der Waals surface area contributed by atoms with Crippen LogP contribution in [0.2, 0.25) is 0 Å². The van der Waals surface area contributed by atoms with Gasteiger partial charge in [0.15, 0.2) is 0 Å². The Hall–Kier alpha value is -1.75. The van der Waals surface area contributed by atoms with E-state index >= 15 is 0 Å². The summed E-state index contributed by atoms with van der Waals surface area (Å²) < 4.78 is 5.91. The second-order valence-corrected chi connectivity index (χ2v) is 5.39. The van der Waals surface area contributed by atoms with E-state index in [-0.39, 0.29) is 12.1 Å². The molecule has 5 nitrogen and oxygen atoms in total. The minimum Gasteiger partial charge on any atom is -0.491 e. The summed E-state index contributed by atoms with van der Waals surface area (Å²) in [6, 6.07) is 6.48. The summed E-state index contributed by atoms with van der Waals surface area (Å²) in [5, 5.41) is 6.21. The van der Waals surface area contributed by atoms with Crippen molar-refractivity contribution in [3.8, 4) is 5.75 Å². The minimum atomic E-state index is 0.00347. The zero-order chi connectivity index (χ0) is 15.2. The number of ether oxygens (including phenoxy) is 1. The largest absolute Gasteiger partial charge is 0.491 e. The molecule has 2 N–H and O–H groups in total. The molecule has 1 aliphatic heterocycles. The molecular weight excluding hydrogens is 266 g/mol. The fraction of sp³-hybridized carbons (Fsp3) is 0.562. The van der Waals surface area contributed by atoms with E-state index in [1.54, 1.807) is 4.90 Å². The van der Waals surface area contributed by atoms with Gasteiger partial charge in [-0.25, -0.2) is 4.79 Å². The van der Waals surface area contributed by atoms with Crippen molar-refractivity contribution in [2.75, 3.05) is 32.8 Å². The van der Waals surface area contributed by atoms with Crippen LogP contribution in [0.1, 0.15) is 31.0 Å². The molecule has 1 aromatic carbocycles. The lowest BCUT2D eigenvalue weighted by molar-refractivity contribution is 0.202. The summed E-state index contributed by atoms with van der Waals surface area (Å²) in [6.45, 7) is 9.86. The van der Waals surface area contributed by atoms with Crippen LogP contribution in [0.3, 0.4) is 0 Å². The number of nitrogens with zero attached hydrogens (tertiary/aromatic N) is 1. The molecule has 0 aliphatic carbocycles. The Morgan fingerprint density at radius 1 is 1.48 bits per heavy atom. The number of urea groups is 1. The molecule has 1 atom stereocenters. The Kier molecular flexibility index (Phi) is 5.44. The van der Waals surface area contributed by atoms with Crippen molar-refractivity contribution in [3.63, 3.8) is 0 Å². The van der Waals surface area contributed by atoms with Gasteiger partial charge < -0.3 is 20.3 Å². The number of carbonyl (C=O) groups is 1. The fourth-order valence-electron chi connectivity index (χ4n) is 2.54. The summed E-state index contributed by atoms with van der Waals surface area (Å²) in [7, 11) is 0. The standard InChI is InChI=1S/C16H25N3O2/c1-4-17-13(3)14-11-12(2)5-6-15(14)21-10-9-19-8-7-18-16(19)20/h5-6,11,13,17H,4,7-10H2,1-3H3,(H,18,20). The molecule has 0 spiro atoms. The smallest absolute Gasteiger partial charge is 0.317 e. The number of rotatable bonds is 7. The molecule has 2 amide bonds. The van der Waals surface area contributed by atoms with Crippen molar-refractivity contribution in [2.24, 2.45) is 0 Å². The molecule has 0 bridgehead atoms. The number of aryl methyl sites for hydroxylation is 1. The maximum absolute atomic E-state index is 11.5. The van der Waals surface area contributed by atoms with Crippen LogP contribution in [0, 0.1) is 6.92 Å². The number of hydrogen-bond acceptors (Lipinski definition) is 3. The Morgan fingerprint density at radius 2 is 2.29 bits per heavy atom. The van der Waals surface area contributed by atoms with E-state index in [0.29, 0.717) is 13.2 Å². The van der Waals surface area contributed by atoms with E-state index in [0.717, 1.165) is 25.4 Å². The predicted molar refractivity (Wildman–Crippen MR) is 83.7 cm³/mol. The minimum absolute atomic E-state index is 0.00347. The molecule has 1 aliphatic rings. The van der Waals surface area contributed by atoms with E-state index in [1.807, 2.05) is 6.07 Å². The highest BCUT2D eigenvalue weighted by Crippen LogP contribution is 2.26. The maximum atomic E-state index is 11.5. The third-order valence-electron chi connectivity index (χ3n) is 3.71. The summed E-state index contributed by atoms with van der Waals surface area (Å²) in [4.78, 5) is 13.3. The van der Waals surface area contributed by atoms with Gasteiger partial charge in [0.2, 0.25) is 0 Å². The summed E-state index contributed by atoms with van der Waals surface area (Å²) in [5.41, 5.74) is 2.39. The van der Waals surface area contributed by atoms with Gasteiger partial charge in [0.1, 0.15) is 12.4 Å². The van der Waals surface area contributed by atoms with Crippen molar-refractivity contribution >= 4 is 6.03 Å². The van der Waals surface area contributed by atoms with Crippen molar-refractivity contribution < 1.29 is 9.53 Å². The molecule has 1 heterocycles. The molecular formula is C16H25N3O2. The van der Waals surface area contributed by atoms with E-state index in [4.69, 9.17) is 4.74 Å². The normalized spacial score (nSPS) is 16.0. The van der Waals surface area contributed by atoms with Gasteiger partial charge in [0, 0.05) is 24.7 Å². The molecule has 116 valence electrons. The van der Waals surface area contributed by atoms with Crippen LogP contribution in [0.5, 0.6) is 5.75 Å². The van der Waals surface area contributed by atoms with Gasteiger partial charge in [-0.2, -0.15) is 0 Å². The number of carbonyl (C=O) groups excluding carboxylic acids is 1. The lowest BCUT2D eigenvalue weighted by Crippen LogP contribution is -2.32. The molecule has 1 aromatic rings. The Morgan fingerprint density at radius 3 is 2.95 bits per heavy atom. The molecule has 0 saturated carbocycles. The molecule has 1 unspecified atom stereocenters. The predicted octanol–water partition coefficient (Wildman–Crippen LogP) is 2.07. The van der Waals surface area contributed by atoms with Gasteiger partial charge in [-0.15, -0.1) is 0 Å². The molecule has 0 radical (unpaired) electrons. The summed E-state index contributed by atoms with van der Waals surface area (Å²) in [6.07, 6.45) is 0. The van der Waals surface area contributed by atoms with Gasteiger partial charge in [0.25, 0.3) is 0 Å². The molecule has 21 heavy (non-hydrogen) atoms. The second-order valence-electron chi connectivity index (χ2n) is 5.39. The zero-order valence-electron chi connectivity index (χ0n) is 13.1. The number of amides is 2. The number of nitrogens with one attached hydrogen (secondary N) is 2. The van der Waals surface area contributed by atoms with Crippen molar-refractivity contribution in [3.05, 3.63) is 29.3 Å². The van der Waals surface area contributed by atoms with Crippen LogP contribution < -0.4 is 15.4 Å². The van der Waals surface area contributed by atoms with Crippen molar-refractivity contribution in [1.29, 1.82) is 0 Å². The molecule has 1 fully saturated rings. The van der Waals surface area contributed by atoms with E-state index < -0.39 is 0 Å². The van der Waals surface area contributed by atoms with Crippen LogP contribution in [0.4, 0.5) is 4.79 Å². The van der Waals surface area contributed by atoms with E-state index in [1.165, 1.54) is 11.1 Å². The monoisotopic (exact) mass is 291 g/mol. The first-order chi connectivity index (χ1) is 10.1. The topological polar surface area (TPSA) is 53.6 Å². The summed E-state index contributed by atoms with van der Waals surface area (Å²) >= 11 is 0. The third kappa shape index (κ3) is 4.11. The van der Waals surface area contributed by atoms with Crippen LogP contribution in [-0.4, -0.2) is 43.7 Å². The van der Waals surface area contributed by atoms with Crippen LogP contribution in [0.15, 0.2) is 18.2 Å². The lowest BCUT2D eigenvalue weighted by atomic mass is 10.0. The van der Waals surface area contributed by atoms with Gasteiger partial charge in [-0.05, 0) is 26.5 Å². The fourth-order valence-corrected chi connectivity index (χ4v) is 2.54. The maximum Gasteiger partial charge on any atom is 0.317 e. The second kappa shape index (κ2) is 7.31. The first kappa shape index (κ1) is 15.6. The first-order valence-electron chi connectivity index (χ1n) is 7.61. The Bertz CT molecular complexity index is 490. The number of hydrogen-bond donors (Lipinski definition) is 2. The van der Waals surface area contributed by atoms with Gasteiger partial charge in [-0.1, -0.05) is 24.6 Å². The Balaban J connectivity index is 1.96. The van der Waals surface area contributed by atoms with Crippen LogP contribution in [0.25, 0.3) is 0 Å². The molecule has 5 heteroatoms. The highest BCUT2D eigenvalue weighted by atomic mass is 16.5. The van der Waals surface area contributed by atoms with E-state index in [9.17, 15) is 4.79 Å². The number of benzene rings is 1. The van der Waals surface area contributed by atoms with Gasteiger partial charge in [-0.3, -0.25) is 0 Å². The average molecular weight is 291 g/mol. The van der Waals surface area contributed by atoms with Crippen LogP contribution >= 0.6 is 0 Å². The molecule has 1 saturated heterocycles. The first-order valence-corrected chi connectivity index (χ1v) is 7.61. The van der Waals surface area contributed by atoms with Crippen LogP contribution in [-0.2, 0) is 0 Å². The highest BCUT2D eigenvalue weighted by Gasteiger charge is 2.19. The van der Waals surface area contributed by atoms with E-state index in [2.05, 4.69) is 43.5 Å². The molecule has 2 rings (SSSR count). The van der Waals surface area contributed by atoms with Crippen molar-refractivity contribution in [1.82, 2.24) is 15.5 Å². The van der Waals surface area contributed by atoms with Gasteiger partial charge in [0.05, 0.1) is 6.54 Å². The highest BCUT2D eigenvalue weighted by molar-refractivity contribution is 5.76. The SMILES string of the molecule is CCNC(C)c1cc(C)ccc1OCCN1CCNC1=O. The lowest BCUT2D eigenvalue weighted by Gasteiger charge is -2.20. The third-order valence-corrected chi connectivity index (χ3v) is 3.71.